The first kappa shape index (κ1) is 10.3. The van der Waals surface area contributed by atoms with Crippen LogP contribution in [0.2, 0.25) is 0 Å². The summed E-state index contributed by atoms with van der Waals surface area (Å²) in [6, 6.07) is 7.39. The van der Waals surface area contributed by atoms with Crippen molar-refractivity contribution >= 4 is 28.5 Å². The highest BCUT2D eigenvalue weighted by molar-refractivity contribution is 7.99. The average molecular weight is 246 g/mol. The van der Waals surface area contributed by atoms with Gasteiger partial charge in [0.2, 0.25) is 0 Å². The molecule has 0 aliphatic carbocycles. The lowest BCUT2D eigenvalue weighted by molar-refractivity contribution is 0.488. The van der Waals surface area contributed by atoms with Gasteiger partial charge in [0.05, 0.1) is 16.8 Å². The molecule has 0 saturated carbocycles. The Balaban J connectivity index is 2.02. The number of nitrogens with zero attached hydrogens (tertiary/aromatic N) is 1. The number of aryl methyl sites for hydroxylation is 1. The third-order valence-electron chi connectivity index (χ3n) is 2.44. The van der Waals surface area contributed by atoms with Crippen molar-refractivity contribution in [3.8, 4) is 0 Å². The monoisotopic (exact) mass is 246 g/mol. The molecular formula is C12H10N2O2S. The highest BCUT2D eigenvalue weighted by Crippen LogP contribution is 2.33. The zero-order valence-electron chi connectivity index (χ0n) is 9.14. The topological polar surface area (TPSA) is 65.2 Å². The molecule has 2 N–H and O–H groups in total. The number of para-hydroxylation sites is 1. The third kappa shape index (κ3) is 1.78. The van der Waals surface area contributed by atoms with Crippen LogP contribution in [0.1, 0.15) is 5.76 Å². The smallest absolute Gasteiger partial charge is 0.261 e. The number of hydrogen-bond donors (Lipinski definition) is 1. The first-order chi connectivity index (χ1) is 8.24. The molecule has 0 spiro atoms. The molecule has 2 aromatic heterocycles. The van der Waals surface area contributed by atoms with Gasteiger partial charge in [0, 0.05) is 0 Å². The van der Waals surface area contributed by atoms with Gasteiger partial charge in [0.1, 0.15) is 11.3 Å². The Hall–Kier alpha value is -1.88. The van der Waals surface area contributed by atoms with Crippen LogP contribution in [0.25, 0.3) is 11.1 Å². The van der Waals surface area contributed by atoms with Crippen molar-refractivity contribution in [2.45, 2.75) is 17.0 Å². The normalized spacial score (nSPS) is 11.1. The van der Waals surface area contributed by atoms with Gasteiger partial charge in [0.25, 0.3) is 5.22 Å². The van der Waals surface area contributed by atoms with Crippen LogP contribution in [-0.4, -0.2) is 4.98 Å². The number of furan rings is 1. The van der Waals surface area contributed by atoms with Gasteiger partial charge in [0.15, 0.2) is 5.58 Å². The van der Waals surface area contributed by atoms with Crippen molar-refractivity contribution in [2.75, 3.05) is 5.73 Å². The lowest BCUT2D eigenvalue weighted by atomic mass is 10.3. The summed E-state index contributed by atoms with van der Waals surface area (Å²) in [5, 5.41) is 0.572. The molecule has 0 unspecified atom stereocenters. The summed E-state index contributed by atoms with van der Waals surface area (Å²) in [5.41, 5.74) is 7.86. The van der Waals surface area contributed by atoms with Gasteiger partial charge in [-0.2, -0.15) is 0 Å². The molecule has 0 aliphatic heterocycles. The number of rotatable bonds is 2. The van der Waals surface area contributed by atoms with E-state index in [2.05, 4.69) is 4.98 Å². The van der Waals surface area contributed by atoms with Crippen molar-refractivity contribution in [1.29, 1.82) is 0 Å². The van der Waals surface area contributed by atoms with Gasteiger partial charge >= 0.3 is 0 Å². The fourth-order valence-corrected chi connectivity index (χ4v) is 2.34. The first-order valence-electron chi connectivity index (χ1n) is 5.11. The van der Waals surface area contributed by atoms with E-state index in [1.165, 1.54) is 11.8 Å². The standard InChI is InChI=1S/C12H10N2O2S/c1-7-10(5-6-15-7)17-12-14-11-8(13)3-2-4-9(11)16-12/h2-6H,13H2,1H3. The van der Waals surface area contributed by atoms with Gasteiger partial charge in [-0.05, 0) is 36.9 Å². The van der Waals surface area contributed by atoms with Gasteiger partial charge in [-0.15, -0.1) is 0 Å². The highest BCUT2D eigenvalue weighted by atomic mass is 32.2. The second-order valence-corrected chi connectivity index (χ2v) is 4.61. The zero-order chi connectivity index (χ0) is 11.8. The highest BCUT2D eigenvalue weighted by Gasteiger charge is 2.11. The molecule has 0 amide bonds. The van der Waals surface area contributed by atoms with E-state index in [1.54, 1.807) is 6.26 Å². The summed E-state index contributed by atoms with van der Waals surface area (Å²) in [5.74, 6) is 0.852. The molecular weight excluding hydrogens is 236 g/mol. The number of hydrogen-bond acceptors (Lipinski definition) is 5. The Kier molecular flexibility index (Phi) is 2.33. The lowest BCUT2D eigenvalue weighted by Gasteiger charge is -1.91. The summed E-state index contributed by atoms with van der Waals surface area (Å²) in [4.78, 5) is 5.35. The van der Waals surface area contributed by atoms with Crippen molar-refractivity contribution in [2.24, 2.45) is 0 Å². The average Bonchev–Trinajstić information content (AvgIpc) is 2.87. The zero-order valence-corrected chi connectivity index (χ0v) is 9.95. The van der Waals surface area contributed by atoms with Crippen LogP contribution < -0.4 is 5.73 Å². The molecule has 0 bridgehead atoms. The van der Waals surface area contributed by atoms with Crippen molar-refractivity contribution in [1.82, 2.24) is 4.98 Å². The lowest BCUT2D eigenvalue weighted by Crippen LogP contribution is -1.84. The van der Waals surface area contributed by atoms with E-state index in [0.717, 1.165) is 10.7 Å². The van der Waals surface area contributed by atoms with Crippen molar-refractivity contribution in [3.05, 3.63) is 36.3 Å². The number of nitrogens with two attached hydrogens (primary N) is 1. The summed E-state index contributed by atoms with van der Waals surface area (Å²) >= 11 is 1.43. The van der Waals surface area contributed by atoms with Crippen molar-refractivity contribution < 1.29 is 8.83 Å². The van der Waals surface area contributed by atoms with Crippen LogP contribution in [0.15, 0.2) is 49.5 Å². The van der Waals surface area contributed by atoms with E-state index in [9.17, 15) is 0 Å². The Labute approximate surface area is 102 Å². The van der Waals surface area contributed by atoms with E-state index in [1.807, 2.05) is 31.2 Å². The van der Waals surface area contributed by atoms with Gasteiger partial charge in [-0.3, -0.25) is 0 Å². The minimum atomic E-state index is 0.572. The van der Waals surface area contributed by atoms with Crippen LogP contribution in [-0.2, 0) is 0 Å². The minimum absolute atomic E-state index is 0.572. The maximum absolute atomic E-state index is 5.82. The first-order valence-corrected chi connectivity index (χ1v) is 5.92. The van der Waals surface area contributed by atoms with Crippen LogP contribution in [0, 0.1) is 6.92 Å². The summed E-state index contributed by atoms with van der Waals surface area (Å²) in [6.45, 7) is 1.90. The second kappa shape index (κ2) is 3.85. The fraction of sp³-hybridized carbons (Fsp3) is 0.0833. The number of nitrogen functional groups attached to an aromatic ring is 1. The minimum Gasteiger partial charge on any atom is -0.468 e. The summed E-state index contributed by atoms with van der Waals surface area (Å²) < 4.78 is 10.8. The molecule has 0 radical (unpaired) electrons. The van der Waals surface area contributed by atoms with Crippen LogP contribution in [0.3, 0.4) is 0 Å². The Morgan fingerprint density at radius 3 is 2.88 bits per heavy atom. The maximum atomic E-state index is 5.82. The molecule has 5 heteroatoms. The molecule has 4 nitrogen and oxygen atoms in total. The van der Waals surface area contributed by atoms with Gasteiger partial charge in [-0.25, -0.2) is 4.98 Å². The van der Waals surface area contributed by atoms with Crippen LogP contribution in [0.5, 0.6) is 0 Å². The third-order valence-corrected chi connectivity index (χ3v) is 3.43. The van der Waals surface area contributed by atoms with Gasteiger partial charge < -0.3 is 14.6 Å². The number of aromatic nitrogens is 1. The number of anilines is 1. The van der Waals surface area contributed by atoms with Gasteiger partial charge in [-0.1, -0.05) is 6.07 Å². The summed E-state index contributed by atoms with van der Waals surface area (Å²) in [6.07, 6.45) is 1.65. The van der Waals surface area contributed by atoms with Crippen molar-refractivity contribution in [3.63, 3.8) is 0 Å². The largest absolute Gasteiger partial charge is 0.468 e. The van der Waals surface area contributed by atoms with E-state index < -0.39 is 0 Å². The fourth-order valence-electron chi connectivity index (χ4n) is 1.57. The Morgan fingerprint density at radius 1 is 1.29 bits per heavy atom. The molecule has 17 heavy (non-hydrogen) atoms. The number of oxazole rings is 1. The molecule has 86 valence electrons. The molecule has 2 heterocycles. The quantitative estimate of drug-likeness (QED) is 0.701. The Bertz CT molecular complexity index is 672. The maximum Gasteiger partial charge on any atom is 0.261 e. The number of fused-ring (bicyclic) bond motifs is 1. The molecule has 1 aromatic carbocycles. The van der Waals surface area contributed by atoms with E-state index in [-0.39, 0.29) is 0 Å². The molecule has 0 atom stereocenters. The predicted molar refractivity (Wildman–Crippen MR) is 66.0 cm³/mol. The predicted octanol–water partition coefficient (Wildman–Crippen LogP) is 3.46. The van der Waals surface area contributed by atoms with E-state index >= 15 is 0 Å². The molecule has 3 aromatic rings. The Morgan fingerprint density at radius 2 is 2.18 bits per heavy atom. The molecule has 0 saturated heterocycles. The molecule has 0 fully saturated rings. The van der Waals surface area contributed by atoms with Crippen LogP contribution >= 0.6 is 11.8 Å². The molecule has 0 aliphatic rings. The summed E-state index contributed by atoms with van der Waals surface area (Å²) in [7, 11) is 0. The SMILES string of the molecule is Cc1occc1Sc1nc2c(N)cccc2o1. The van der Waals surface area contributed by atoms with E-state index in [4.69, 9.17) is 14.6 Å². The van der Waals surface area contributed by atoms with E-state index in [0.29, 0.717) is 22.0 Å². The van der Waals surface area contributed by atoms with Crippen LogP contribution in [0.4, 0.5) is 5.69 Å². The second-order valence-electron chi connectivity index (χ2n) is 3.62. The number of benzene rings is 1. The molecule has 3 rings (SSSR count).